The number of carbonyl (C=O) groups is 1. The molecule has 0 radical (unpaired) electrons. The first-order valence-corrected chi connectivity index (χ1v) is 8.21. The zero-order chi connectivity index (χ0) is 15.4. The van der Waals surface area contributed by atoms with Crippen LogP contribution in [0.1, 0.15) is 37.7 Å². The molecule has 5 rings (SSSR count). The van der Waals surface area contributed by atoms with Crippen LogP contribution in [0.25, 0.3) is 0 Å². The van der Waals surface area contributed by atoms with Gasteiger partial charge in [-0.25, -0.2) is 4.79 Å². The SMILES string of the molecule is NC(=O)OC1C2CC3CC(O)(C2)CC1(Cc1ccccc1)C3. The number of nitrogens with two attached hydrogens (primary N) is 1. The normalized spacial score (nSPS) is 42.3. The highest BCUT2D eigenvalue weighted by Gasteiger charge is 2.63. The number of carbonyl (C=O) groups excluding carboxylic acids is 1. The second kappa shape index (κ2) is 4.72. The van der Waals surface area contributed by atoms with Crippen LogP contribution in [0.15, 0.2) is 30.3 Å². The molecule has 4 saturated carbocycles. The number of benzene rings is 1. The largest absolute Gasteiger partial charge is 0.445 e. The van der Waals surface area contributed by atoms with E-state index < -0.39 is 11.7 Å². The smallest absolute Gasteiger partial charge is 0.404 e. The van der Waals surface area contributed by atoms with Gasteiger partial charge in [-0.15, -0.1) is 0 Å². The number of amides is 1. The maximum Gasteiger partial charge on any atom is 0.404 e. The highest BCUT2D eigenvalue weighted by Crippen LogP contribution is 2.63. The molecular formula is C18H23NO3. The van der Waals surface area contributed by atoms with Crippen LogP contribution in [0.5, 0.6) is 0 Å². The lowest BCUT2D eigenvalue weighted by molar-refractivity contribution is -0.218. The Hall–Kier alpha value is -1.55. The number of ether oxygens (including phenoxy) is 1. The van der Waals surface area contributed by atoms with E-state index in [9.17, 15) is 9.90 Å². The zero-order valence-corrected chi connectivity index (χ0v) is 12.7. The summed E-state index contributed by atoms with van der Waals surface area (Å²) in [6.07, 6.45) is 4.47. The van der Waals surface area contributed by atoms with Crippen LogP contribution in [0, 0.1) is 17.3 Å². The van der Waals surface area contributed by atoms with E-state index >= 15 is 0 Å². The first kappa shape index (κ1) is 14.1. The molecule has 1 aromatic carbocycles. The second-order valence-corrected chi connectivity index (χ2v) is 7.76. The molecule has 5 unspecified atom stereocenters. The summed E-state index contributed by atoms with van der Waals surface area (Å²) >= 11 is 0. The van der Waals surface area contributed by atoms with Crippen LogP contribution in [-0.4, -0.2) is 22.9 Å². The van der Waals surface area contributed by atoms with Crippen molar-refractivity contribution in [1.29, 1.82) is 0 Å². The lowest BCUT2D eigenvalue weighted by Gasteiger charge is -2.63. The van der Waals surface area contributed by atoms with Crippen molar-refractivity contribution >= 4 is 6.09 Å². The standard InChI is InChI=1S/C18H23NO3/c19-16(20)22-15-14-6-13-8-17(15,11-18(21,9-13)10-14)7-12-4-2-1-3-5-12/h1-5,13-15,21H,6-11H2,(H2,19,20). The number of hydrogen-bond acceptors (Lipinski definition) is 3. The Kier molecular flexibility index (Phi) is 3.02. The van der Waals surface area contributed by atoms with Crippen molar-refractivity contribution in [1.82, 2.24) is 0 Å². The van der Waals surface area contributed by atoms with Gasteiger partial charge in [-0.05, 0) is 55.9 Å². The molecule has 0 saturated heterocycles. The summed E-state index contributed by atoms with van der Waals surface area (Å²) in [6, 6.07) is 10.3. The van der Waals surface area contributed by atoms with Gasteiger partial charge in [-0.1, -0.05) is 30.3 Å². The quantitative estimate of drug-likeness (QED) is 0.901. The molecule has 4 aliphatic rings. The lowest BCUT2D eigenvalue weighted by atomic mass is 9.45. The van der Waals surface area contributed by atoms with Gasteiger partial charge in [0, 0.05) is 5.41 Å². The van der Waals surface area contributed by atoms with Gasteiger partial charge in [0.2, 0.25) is 0 Å². The summed E-state index contributed by atoms with van der Waals surface area (Å²) in [5.41, 5.74) is 5.85. The van der Waals surface area contributed by atoms with Crippen molar-refractivity contribution in [2.24, 2.45) is 23.0 Å². The maximum absolute atomic E-state index is 11.4. The average molecular weight is 301 g/mol. The number of hydrogen-bond donors (Lipinski definition) is 2. The fraction of sp³-hybridized carbons (Fsp3) is 0.611. The van der Waals surface area contributed by atoms with Crippen molar-refractivity contribution in [2.45, 2.75) is 50.2 Å². The third-order valence-electron chi connectivity index (χ3n) is 6.00. The topological polar surface area (TPSA) is 72.6 Å². The van der Waals surface area contributed by atoms with Gasteiger partial charge in [0.15, 0.2) is 0 Å². The minimum atomic E-state index is -0.683. The molecule has 0 heterocycles. The summed E-state index contributed by atoms with van der Waals surface area (Å²) in [6.45, 7) is 0. The molecule has 3 N–H and O–H groups in total. The molecule has 5 atom stereocenters. The number of primary amides is 1. The molecule has 4 heteroatoms. The van der Waals surface area contributed by atoms with Gasteiger partial charge in [-0.2, -0.15) is 0 Å². The van der Waals surface area contributed by atoms with E-state index in [-0.39, 0.29) is 17.4 Å². The lowest BCUT2D eigenvalue weighted by Crippen LogP contribution is -2.64. The van der Waals surface area contributed by atoms with Gasteiger partial charge < -0.3 is 15.6 Å². The zero-order valence-electron chi connectivity index (χ0n) is 12.7. The third kappa shape index (κ3) is 2.21. The first-order chi connectivity index (χ1) is 10.5. The van der Waals surface area contributed by atoms with E-state index in [2.05, 4.69) is 12.1 Å². The van der Waals surface area contributed by atoms with Crippen LogP contribution in [-0.2, 0) is 11.2 Å². The Labute approximate surface area is 130 Å². The minimum Gasteiger partial charge on any atom is -0.445 e. The average Bonchev–Trinajstić information content (AvgIpc) is 2.42. The van der Waals surface area contributed by atoms with E-state index in [0.29, 0.717) is 5.92 Å². The molecule has 118 valence electrons. The van der Waals surface area contributed by atoms with Gasteiger partial charge in [-0.3, -0.25) is 0 Å². The summed E-state index contributed by atoms with van der Waals surface area (Å²) in [4.78, 5) is 11.4. The minimum absolute atomic E-state index is 0.151. The Morgan fingerprint density at radius 2 is 2.05 bits per heavy atom. The summed E-state index contributed by atoms with van der Waals surface area (Å²) in [5, 5.41) is 10.9. The Bertz CT molecular complexity index is 589. The van der Waals surface area contributed by atoms with Crippen molar-refractivity contribution in [2.75, 3.05) is 0 Å². The number of rotatable bonds is 3. The Morgan fingerprint density at radius 1 is 1.27 bits per heavy atom. The van der Waals surface area contributed by atoms with Crippen molar-refractivity contribution in [3.8, 4) is 0 Å². The van der Waals surface area contributed by atoms with Gasteiger partial charge >= 0.3 is 6.09 Å². The van der Waals surface area contributed by atoms with Gasteiger partial charge in [0.05, 0.1) is 5.60 Å². The second-order valence-electron chi connectivity index (χ2n) is 7.76. The monoisotopic (exact) mass is 301 g/mol. The van der Waals surface area contributed by atoms with Crippen LogP contribution >= 0.6 is 0 Å². The van der Waals surface area contributed by atoms with E-state index in [0.717, 1.165) is 38.5 Å². The van der Waals surface area contributed by atoms with E-state index in [4.69, 9.17) is 10.5 Å². The molecule has 4 bridgehead atoms. The van der Waals surface area contributed by atoms with Crippen molar-refractivity contribution < 1.29 is 14.6 Å². The van der Waals surface area contributed by atoms with Crippen LogP contribution < -0.4 is 5.73 Å². The van der Waals surface area contributed by atoms with E-state index in [1.54, 1.807) is 0 Å². The molecule has 1 aromatic rings. The fourth-order valence-electron chi connectivity index (χ4n) is 5.84. The van der Waals surface area contributed by atoms with Crippen LogP contribution in [0.3, 0.4) is 0 Å². The van der Waals surface area contributed by atoms with Gasteiger partial charge in [0.1, 0.15) is 6.10 Å². The number of aliphatic hydroxyl groups is 1. The first-order valence-electron chi connectivity index (χ1n) is 8.21. The Balaban J connectivity index is 1.70. The van der Waals surface area contributed by atoms with Crippen LogP contribution in [0.2, 0.25) is 0 Å². The van der Waals surface area contributed by atoms with Crippen LogP contribution in [0.4, 0.5) is 4.79 Å². The fourth-order valence-corrected chi connectivity index (χ4v) is 5.84. The molecule has 22 heavy (non-hydrogen) atoms. The van der Waals surface area contributed by atoms with Gasteiger partial charge in [0.25, 0.3) is 0 Å². The predicted molar refractivity (Wildman–Crippen MR) is 82.1 cm³/mol. The third-order valence-corrected chi connectivity index (χ3v) is 6.00. The summed E-state index contributed by atoms with van der Waals surface area (Å²) < 4.78 is 5.58. The molecule has 4 fully saturated rings. The summed E-state index contributed by atoms with van der Waals surface area (Å²) in [5.74, 6) is 0.802. The molecule has 4 nitrogen and oxygen atoms in total. The molecule has 4 aliphatic carbocycles. The van der Waals surface area contributed by atoms with E-state index in [1.165, 1.54) is 5.56 Å². The van der Waals surface area contributed by atoms with Crippen molar-refractivity contribution in [3.63, 3.8) is 0 Å². The maximum atomic E-state index is 11.4. The van der Waals surface area contributed by atoms with Crippen molar-refractivity contribution in [3.05, 3.63) is 35.9 Å². The molecule has 1 amide bonds. The summed E-state index contributed by atoms with van der Waals surface area (Å²) in [7, 11) is 0. The molecule has 0 spiro atoms. The van der Waals surface area contributed by atoms with E-state index in [1.807, 2.05) is 18.2 Å². The highest BCUT2D eigenvalue weighted by atomic mass is 16.6. The molecular weight excluding hydrogens is 278 g/mol. The molecule has 0 aliphatic heterocycles. The molecule has 0 aromatic heterocycles. The highest BCUT2D eigenvalue weighted by molar-refractivity contribution is 5.65. The Morgan fingerprint density at radius 3 is 2.73 bits per heavy atom. The predicted octanol–water partition coefficient (Wildman–Crippen LogP) is 2.63.